The number of benzene rings is 2. The second kappa shape index (κ2) is 6.87. The molecule has 0 aliphatic rings. The molecule has 0 bridgehead atoms. The smallest absolute Gasteiger partial charge is 0.252 e. The number of anilines is 2. The van der Waals surface area contributed by atoms with Crippen LogP contribution in [0.3, 0.4) is 0 Å². The molecule has 6 nitrogen and oxygen atoms in total. The number of nitrogens with zero attached hydrogens (tertiary/aromatic N) is 1. The van der Waals surface area contributed by atoms with Gasteiger partial charge in [-0.05, 0) is 12.1 Å². The van der Waals surface area contributed by atoms with Crippen LogP contribution >= 0.6 is 0 Å². The Bertz CT molecular complexity index is 892. The first-order valence-corrected chi connectivity index (χ1v) is 7.35. The predicted molar refractivity (Wildman–Crippen MR) is 93.1 cm³/mol. The summed E-state index contributed by atoms with van der Waals surface area (Å²) in [7, 11) is 3.14. The summed E-state index contributed by atoms with van der Waals surface area (Å²) in [5.41, 5.74) is 1.97. The van der Waals surface area contributed by atoms with Gasteiger partial charge in [0.25, 0.3) is 5.56 Å². The lowest BCUT2D eigenvalue weighted by atomic mass is 10.1. The van der Waals surface area contributed by atoms with E-state index in [4.69, 9.17) is 9.47 Å². The minimum Gasteiger partial charge on any atom is -0.493 e. The van der Waals surface area contributed by atoms with Crippen molar-refractivity contribution in [3.8, 4) is 22.8 Å². The van der Waals surface area contributed by atoms with Gasteiger partial charge in [-0.1, -0.05) is 30.3 Å². The van der Waals surface area contributed by atoms with E-state index in [0.717, 1.165) is 11.3 Å². The zero-order valence-corrected chi connectivity index (χ0v) is 13.4. The Morgan fingerprint density at radius 1 is 0.958 bits per heavy atom. The number of aromatic nitrogens is 2. The zero-order valence-electron chi connectivity index (χ0n) is 13.4. The van der Waals surface area contributed by atoms with Crippen molar-refractivity contribution < 1.29 is 9.47 Å². The molecule has 0 saturated heterocycles. The summed E-state index contributed by atoms with van der Waals surface area (Å²) in [6, 6.07) is 16.4. The topological polar surface area (TPSA) is 76.2 Å². The molecule has 0 fully saturated rings. The minimum atomic E-state index is -0.230. The van der Waals surface area contributed by atoms with Crippen molar-refractivity contribution in [2.24, 2.45) is 0 Å². The van der Waals surface area contributed by atoms with Crippen molar-refractivity contribution in [3.05, 3.63) is 65.0 Å². The van der Waals surface area contributed by atoms with E-state index in [1.54, 1.807) is 26.4 Å². The van der Waals surface area contributed by atoms with Gasteiger partial charge in [0.05, 0.1) is 19.9 Å². The van der Waals surface area contributed by atoms with Gasteiger partial charge >= 0.3 is 0 Å². The highest BCUT2D eigenvalue weighted by Gasteiger charge is 2.07. The average Bonchev–Trinajstić information content (AvgIpc) is 2.62. The second-order valence-electron chi connectivity index (χ2n) is 5.04. The number of rotatable bonds is 5. The summed E-state index contributed by atoms with van der Waals surface area (Å²) in [6.45, 7) is 0. The normalized spacial score (nSPS) is 10.2. The molecule has 0 aliphatic heterocycles. The van der Waals surface area contributed by atoms with Crippen LogP contribution in [0.5, 0.6) is 11.5 Å². The highest BCUT2D eigenvalue weighted by Crippen LogP contribution is 2.30. The highest BCUT2D eigenvalue weighted by atomic mass is 16.5. The number of hydrogen-bond acceptors (Lipinski definition) is 5. The van der Waals surface area contributed by atoms with Gasteiger partial charge in [0.15, 0.2) is 11.5 Å². The van der Waals surface area contributed by atoms with Crippen molar-refractivity contribution in [1.82, 2.24) is 9.97 Å². The van der Waals surface area contributed by atoms with Crippen LogP contribution < -0.4 is 20.3 Å². The second-order valence-corrected chi connectivity index (χ2v) is 5.04. The number of nitrogens with one attached hydrogen (secondary N) is 2. The lowest BCUT2D eigenvalue weighted by molar-refractivity contribution is 0.355. The first-order valence-electron chi connectivity index (χ1n) is 7.35. The average molecular weight is 323 g/mol. The van der Waals surface area contributed by atoms with Crippen LogP contribution in [0.15, 0.2) is 59.4 Å². The Morgan fingerprint density at radius 2 is 1.71 bits per heavy atom. The molecule has 1 aromatic heterocycles. The number of H-pyrrole nitrogens is 1. The van der Waals surface area contributed by atoms with Crippen LogP contribution in [0.1, 0.15) is 0 Å². The highest BCUT2D eigenvalue weighted by molar-refractivity contribution is 5.63. The Balaban J connectivity index is 1.93. The first-order chi connectivity index (χ1) is 11.7. The molecule has 3 aromatic rings. The summed E-state index contributed by atoms with van der Waals surface area (Å²) in [5.74, 6) is 1.57. The quantitative estimate of drug-likeness (QED) is 0.754. The largest absolute Gasteiger partial charge is 0.493 e. The van der Waals surface area contributed by atoms with Crippen molar-refractivity contribution in [3.63, 3.8) is 0 Å². The maximum Gasteiger partial charge on any atom is 0.252 e. The molecule has 2 aromatic carbocycles. The predicted octanol–water partition coefficient (Wildman–Crippen LogP) is 3.20. The maximum atomic E-state index is 11.9. The van der Waals surface area contributed by atoms with Crippen LogP contribution in [0.2, 0.25) is 0 Å². The minimum absolute atomic E-state index is 0.230. The Morgan fingerprint density at radius 3 is 2.42 bits per heavy atom. The molecule has 122 valence electrons. The van der Waals surface area contributed by atoms with E-state index < -0.39 is 0 Å². The van der Waals surface area contributed by atoms with E-state index in [0.29, 0.717) is 23.1 Å². The molecule has 3 rings (SSSR count). The standard InChI is InChI=1S/C18H17N3O3/c1-23-15-9-8-13(10-16(15)24-2)19-18-20-14(11-17(22)21-18)12-6-4-3-5-7-12/h3-11H,1-2H3,(H2,19,20,21,22). The Hall–Kier alpha value is -3.28. The van der Waals surface area contributed by atoms with Crippen LogP contribution in [-0.2, 0) is 0 Å². The van der Waals surface area contributed by atoms with E-state index >= 15 is 0 Å². The van der Waals surface area contributed by atoms with Gasteiger partial charge in [0.2, 0.25) is 5.95 Å². The van der Waals surface area contributed by atoms with E-state index in [1.807, 2.05) is 36.4 Å². The molecule has 0 atom stereocenters. The summed E-state index contributed by atoms with van der Waals surface area (Å²) >= 11 is 0. The molecule has 24 heavy (non-hydrogen) atoms. The molecule has 0 spiro atoms. The fraction of sp³-hybridized carbons (Fsp3) is 0.111. The molecule has 0 amide bonds. The van der Waals surface area contributed by atoms with E-state index in [-0.39, 0.29) is 5.56 Å². The fourth-order valence-electron chi connectivity index (χ4n) is 2.32. The van der Waals surface area contributed by atoms with Crippen molar-refractivity contribution in [1.29, 1.82) is 0 Å². The van der Waals surface area contributed by atoms with Crippen LogP contribution in [0, 0.1) is 0 Å². The van der Waals surface area contributed by atoms with Crippen molar-refractivity contribution >= 4 is 11.6 Å². The summed E-state index contributed by atoms with van der Waals surface area (Å²) in [4.78, 5) is 19.1. The van der Waals surface area contributed by atoms with Crippen LogP contribution in [0.25, 0.3) is 11.3 Å². The molecular formula is C18H17N3O3. The molecule has 0 unspecified atom stereocenters. The SMILES string of the molecule is COc1ccc(Nc2nc(-c3ccccc3)cc(=O)[nH]2)cc1OC. The zero-order chi connectivity index (χ0) is 16.9. The number of hydrogen-bond donors (Lipinski definition) is 2. The van der Waals surface area contributed by atoms with E-state index in [9.17, 15) is 4.79 Å². The summed E-state index contributed by atoms with van der Waals surface area (Å²) in [6.07, 6.45) is 0. The van der Waals surface area contributed by atoms with Gasteiger partial charge < -0.3 is 14.8 Å². The van der Waals surface area contributed by atoms with Gasteiger partial charge in [-0.15, -0.1) is 0 Å². The number of aromatic amines is 1. The van der Waals surface area contributed by atoms with Gasteiger partial charge in [-0.25, -0.2) is 4.98 Å². The van der Waals surface area contributed by atoms with Gasteiger partial charge in [0, 0.05) is 23.4 Å². The molecule has 0 aliphatic carbocycles. The molecular weight excluding hydrogens is 306 g/mol. The summed E-state index contributed by atoms with van der Waals surface area (Å²) < 4.78 is 10.5. The first kappa shape index (κ1) is 15.6. The monoisotopic (exact) mass is 323 g/mol. The van der Waals surface area contributed by atoms with E-state index in [1.165, 1.54) is 6.07 Å². The number of methoxy groups -OCH3 is 2. The fourth-order valence-corrected chi connectivity index (χ4v) is 2.32. The van der Waals surface area contributed by atoms with E-state index in [2.05, 4.69) is 15.3 Å². The summed E-state index contributed by atoms with van der Waals surface area (Å²) in [5, 5.41) is 3.08. The lowest BCUT2D eigenvalue weighted by Gasteiger charge is -2.11. The Kier molecular flexibility index (Phi) is 4.47. The number of ether oxygens (including phenoxy) is 2. The van der Waals surface area contributed by atoms with Crippen molar-refractivity contribution in [2.45, 2.75) is 0 Å². The molecule has 6 heteroatoms. The lowest BCUT2D eigenvalue weighted by Crippen LogP contribution is -2.10. The molecule has 0 radical (unpaired) electrons. The third-order valence-corrected chi connectivity index (χ3v) is 3.46. The third-order valence-electron chi connectivity index (χ3n) is 3.46. The third kappa shape index (κ3) is 3.38. The van der Waals surface area contributed by atoms with Crippen LogP contribution in [0.4, 0.5) is 11.6 Å². The maximum absolute atomic E-state index is 11.9. The van der Waals surface area contributed by atoms with Gasteiger partial charge in [-0.2, -0.15) is 0 Å². The molecule has 0 saturated carbocycles. The molecule has 1 heterocycles. The van der Waals surface area contributed by atoms with Gasteiger partial charge in [-0.3, -0.25) is 9.78 Å². The van der Waals surface area contributed by atoms with Crippen molar-refractivity contribution in [2.75, 3.05) is 19.5 Å². The van der Waals surface area contributed by atoms with Gasteiger partial charge in [0.1, 0.15) is 0 Å². The Labute approximate surface area is 139 Å². The van der Waals surface area contributed by atoms with Crippen LogP contribution in [-0.4, -0.2) is 24.2 Å². The molecule has 2 N–H and O–H groups in total.